The van der Waals surface area contributed by atoms with Gasteiger partial charge in [-0.25, -0.2) is 4.39 Å². The Balaban J connectivity index is 1.63. The highest BCUT2D eigenvalue weighted by molar-refractivity contribution is 6.05. The lowest BCUT2D eigenvalue weighted by atomic mass is 9.79. The van der Waals surface area contributed by atoms with E-state index in [1.807, 2.05) is 14.1 Å². The van der Waals surface area contributed by atoms with Crippen LogP contribution in [0.15, 0.2) is 29.4 Å². The van der Waals surface area contributed by atoms with Crippen LogP contribution in [0.1, 0.15) is 31.7 Å². The molecule has 6 nitrogen and oxygen atoms in total. The molecule has 0 spiro atoms. The molecule has 2 aliphatic heterocycles. The van der Waals surface area contributed by atoms with Gasteiger partial charge in [0, 0.05) is 43.7 Å². The van der Waals surface area contributed by atoms with Crippen LogP contribution in [-0.4, -0.2) is 62.5 Å². The molecule has 1 atom stereocenters. The van der Waals surface area contributed by atoms with E-state index in [1.54, 1.807) is 25.1 Å². The number of benzene rings is 1. The lowest BCUT2D eigenvalue weighted by Crippen LogP contribution is -2.52. The molecule has 0 radical (unpaired) electrons. The predicted octanol–water partition coefficient (Wildman–Crippen LogP) is 2.18. The van der Waals surface area contributed by atoms with Crippen LogP contribution in [0.3, 0.4) is 0 Å². The van der Waals surface area contributed by atoms with Crippen molar-refractivity contribution in [3.05, 3.63) is 35.6 Å². The summed E-state index contributed by atoms with van der Waals surface area (Å²) < 4.78 is 19.5. The Hall–Kier alpha value is -1.99. The van der Waals surface area contributed by atoms with Gasteiger partial charge in [0.15, 0.2) is 0 Å². The molecule has 27 heavy (non-hydrogen) atoms. The highest BCUT2D eigenvalue weighted by atomic mass is 19.1. The first-order chi connectivity index (χ1) is 12.8. The quantitative estimate of drug-likeness (QED) is 0.825. The smallest absolute Gasteiger partial charge is 0.267 e. The van der Waals surface area contributed by atoms with Crippen molar-refractivity contribution < 1.29 is 18.8 Å². The molecule has 1 unspecified atom stereocenters. The fraction of sp³-hybridized carbons (Fsp3) is 0.600. The maximum Gasteiger partial charge on any atom is 0.267 e. The van der Waals surface area contributed by atoms with Gasteiger partial charge >= 0.3 is 0 Å². The molecule has 1 aromatic carbocycles. The minimum Gasteiger partial charge on any atom is -0.381 e. The molecule has 2 aliphatic rings. The number of nitrogens with zero attached hydrogens (tertiary/aromatic N) is 2. The molecule has 1 N–H and O–H groups in total. The third kappa shape index (κ3) is 4.47. The van der Waals surface area contributed by atoms with Crippen LogP contribution in [0.25, 0.3) is 0 Å². The van der Waals surface area contributed by atoms with E-state index in [4.69, 9.17) is 9.57 Å². The molecule has 0 saturated carbocycles. The Labute approximate surface area is 159 Å². The average Bonchev–Trinajstić information content (AvgIpc) is 3.04. The molecular formula is C20H28FN3O3. The molecule has 7 heteroatoms. The standard InChI is InChI=1S/C20H28FN3O3/c1-19(12-17(23-27-19)15-6-4-5-7-16(15)21)18(25)22-13-20(14-24(2)3)8-10-26-11-9-20/h4-7H,8-14H2,1-3H3,(H,22,25). The fourth-order valence-corrected chi connectivity index (χ4v) is 3.82. The van der Waals surface area contributed by atoms with Crippen LogP contribution in [0.4, 0.5) is 4.39 Å². The summed E-state index contributed by atoms with van der Waals surface area (Å²) in [5, 5.41) is 7.04. The van der Waals surface area contributed by atoms with Gasteiger partial charge in [-0.05, 0) is 39.9 Å². The van der Waals surface area contributed by atoms with E-state index in [2.05, 4.69) is 15.4 Å². The van der Waals surface area contributed by atoms with Crippen molar-refractivity contribution in [3.8, 4) is 0 Å². The van der Waals surface area contributed by atoms with Gasteiger partial charge in [-0.15, -0.1) is 0 Å². The zero-order chi connectivity index (χ0) is 19.5. The van der Waals surface area contributed by atoms with Crippen LogP contribution in [0, 0.1) is 11.2 Å². The predicted molar refractivity (Wildman–Crippen MR) is 101 cm³/mol. The van der Waals surface area contributed by atoms with Crippen molar-refractivity contribution >= 4 is 11.6 Å². The number of ether oxygens (including phenoxy) is 1. The molecule has 0 aliphatic carbocycles. The number of amides is 1. The number of nitrogens with one attached hydrogen (secondary N) is 1. The summed E-state index contributed by atoms with van der Waals surface area (Å²) >= 11 is 0. The summed E-state index contributed by atoms with van der Waals surface area (Å²) in [5.74, 6) is -0.584. The summed E-state index contributed by atoms with van der Waals surface area (Å²) in [5.41, 5.74) is -0.300. The minimum atomic E-state index is -1.12. The monoisotopic (exact) mass is 377 g/mol. The first kappa shape index (κ1) is 19.8. The molecule has 1 saturated heterocycles. The van der Waals surface area contributed by atoms with Crippen molar-refractivity contribution in [2.24, 2.45) is 10.6 Å². The molecule has 0 aromatic heterocycles. The van der Waals surface area contributed by atoms with E-state index in [0.29, 0.717) is 31.0 Å². The molecule has 2 heterocycles. The van der Waals surface area contributed by atoms with Crippen molar-refractivity contribution in [3.63, 3.8) is 0 Å². The van der Waals surface area contributed by atoms with E-state index in [-0.39, 0.29) is 23.6 Å². The Bertz CT molecular complexity index is 716. The lowest BCUT2D eigenvalue weighted by molar-refractivity contribution is -0.142. The van der Waals surface area contributed by atoms with E-state index >= 15 is 0 Å². The second kappa shape index (κ2) is 7.94. The third-order valence-electron chi connectivity index (χ3n) is 5.36. The summed E-state index contributed by atoms with van der Waals surface area (Å²) in [6, 6.07) is 6.39. The van der Waals surface area contributed by atoms with E-state index < -0.39 is 5.60 Å². The van der Waals surface area contributed by atoms with Crippen molar-refractivity contribution in [1.29, 1.82) is 0 Å². The largest absolute Gasteiger partial charge is 0.381 e. The van der Waals surface area contributed by atoms with Gasteiger partial charge in [0.05, 0.1) is 5.71 Å². The molecule has 1 fully saturated rings. The molecule has 0 bridgehead atoms. The lowest BCUT2D eigenvalue weighted by Gasteiger charge is -2.39. The van der Waals surface area contributed by atoms with Crippen molar-refractivity contribution in [2.45, 2.75) is 31.8 Å². The Morgan fingerprint density at radius 3 is 2.67 bits per heavy atom. The third-order valence-corrected chi connectivity index (χ3v) is 5.36. The van der Waals surface area contributed by atoms with Crippen molar-refractivity contribution in [1.82, 2.24) is 10.2 Å². The Morgan fingerprint density at radius 1 is 1.30 bits per heavy atom. The van der Waals surface area contributed by atoms with Crippen LogP contribution in [0.5, 0.6) is 0 Å². The zero-order valence-electron chi connectivity index (χ0n) is 16.3. The number of carbonyl (C=O) groups excluding carboxylic acids is 1. The van der Waals surface area contributed by atoms with Gasteiger partial charge < -0.3 is 19.8 Å². The zero-order valence-corrected chi connectivity index (χ0v) is 16.3. The Morgan fingerprint density at radius 2 is 2.00 bits per heavy atom. The summed E-state index contributed by atoms with van der Waals surface area (Å²) in [4.78, 5) is 20.4. The van der Waals surface area contributed by atoms with E-state index in [1.165, 1.54) is 6.07 Å². The van der Waals surface area contributed by atoms with Gasteiger partial charge in [0.25, 0.3) is 5.91 Å². The number of halogens is 1. The molecule has 1 amide bonds. The second-order valence-corrected chi connectivity index (χ2v) is 8.05. The van der Waals surface area contributed by atoms with Crippen LogP contribution in [-0.2, 0) is 14.4 Å². The average molecular weight is 377 g/mol. The first-order valence-corrected chi connectivity index (χ1v) is 9.34. The van der Waals surface area contributed by atoms with Crippen LogP contribution in [0.2, 0.25) is 0 Å². The van der Waals surface area contributed by atoms with Gasteiger partial charge in [-0.3, -0.25) is 4.79 Å². The Kier molecular flexibility index (Phi) is 5.81. The molecule has 1 aromatic rings. The van der Waals surface area contributed by atoms with Crippen molar-refractivity contribution in [2.75, 3.05) is 40.4 Å². The van der Waals surface area contributed by atoms with E-state index in [0.717, 1.165) is 19.4 Å². The highest BCUT2D eigenvalue weighted by Gasteiger charge is 2.44. The normalized spacial score (nSPS) is 24.4. The molecular weight excluding hydrogens is 349 g/mol. The minimum absolute atomic E-state index is 0.0123. The number of carbonyl (C=O) groups is 1. The van der Waals surface area contributed by atoms with Gasteiger partial charge in [0.1, 0.15) is 5.82 Å². The molecule has 148 valence electrons. The molecule has 3 rings (SSSR count). The summed E-state index contributed by atoms with van der Waals surface area (Å²) in [7, 11) is 4.07. The van der Waals surface area contributed by atoms with E-state index in [9.17, 15) is 9.18 Å². The second-order valence-electron chi connectivity index (χ2n) is 8.05. The maximum atomic E-state index is 14.0. The van der Waals surface area contributed by atoms with Gasteiger partial charge in [-0.1, -0.05) is 23.4 Å². The number of hydrogen-bond acceptors (Lipinski definition) is 5. The summed E-state index contributed by atoms with van der Waals surface area (Å²) in [6.45, 7) is 4.55. The topological polar surface area (TPSA) is 63.2 Å². The SMILES string of the molecule is CN(C)CC1(CNC(=O)C2(C)CC(c3ccccc3F)=NO2)CCOCC1. The fourth-order valence-electron chi connectivity index (χ4n) is 3.82. The van der Waals surface area contributed by atoms with Gasteiger partial charge in [-0.2, -0.15) is 0 Å². The first-order valence-electron chi connectivity index (χ1n) is 9.34. The van der Waals surface area contributed by atoms with Gasteiger partial charge in [0.2, 0.25) is 5.60 Å². The number of oxime groups is 1. The number of hydrogen-bond donors (Lipinski definition) is 1. The van der Waals surface area contributed by atoms with Crippen LogP contribution >= 0.6 is 0 Å². The maximum absolute atomic E-state index is 14.0. The summed E-state index contributed by atoms with van der Waals surface area (Å²) in [6.07, 6.45) is 2.05. The van der Waals surface area contributed by atoms with Crippen LogP contribution < -0.4 is 5.32 Å². The number of rotatable bonds is 6. The highest BCUT2D eigenvalue weighted by Crippen LogP contribution is 2.32.